The van der Waals surface area contributed by atoms with Gasteiger partial charge in [-0.05, 0) is 69.8 Å². The Balaban J connectivity index is 1.20. The predicted molar refractivity (Wildman–Crippen MR) is 185 cm³/mol. The van der Waals surface area contributed by atoms with E-state index in [1.165, 1.54) is 44.2 Å². The molecule has 2 nitrogen and oxygen atoms in total. The zero-order chi connectivity index (χ0) is 29.0. The van der Waals surface area contributed by atoms with Crippen molar-refractivity contribution in [3.8, 4) is 44.5 Å². The lowest BCUT2D eigenvalue weighted by Crippen LogP contribution is -1.87. The lowest BCUT2D eigenvalue weighted by Gasteiger charge is -2.12. The Labute approximate surface area is 254 Å². The summed E-state index contributed by atoms with van der Waals surface area (Å²) in [5.74, 6) is 0. The molecule has 9 aromatic rings. The van der Waals surface area contributed by atoms with Gasteiger partial charge in [0.15, 0.2) is 0 Å². The van der Waals surface area contributed by atoms with E-state index in [1.54, 1.807) is 0 Å². The number of benzene rings is 7. The van der Waals surface area contributed by atoms with Crippen molar-refractivity contribution >= 4 is 43.7 Å². The molecule has 0 amide bonds. The summed E-state index contributed by atoms with van der Waals surface area (Å²) in [6, 6.07) is 56.2. The molecule has 44 heavy (non-hydrogen) atoms. The quantitative estimate of drug-likeness (QED) is 0.227. The molecule has 0 unspecified atom stereocenters. The average molecular weight is 562 g/mol. The van der Waals surface area contributed by atoms with Crippen LogP contribution in [0.25, 0.3) is 88.3 Å². The van der Waals surface area contributed by atoms with Gasteiger partial charge in [0, 0.05) is 38.2 Å². The monoisotopic (exact) mass is 561 g/mol. The van der Waals surface area contributed by atoms with E-state index in [0.717, 1.165) is 44.1 Å². The maximum absolute atomic E-state index is 6.37. The fourth-order valence-corrected chi connectivity index (χ4v) is 6.68. The van der Waals surface area contributed by atoms with E-state index in [-0.39, 0.29) is 0 Å². The minimum atomic E-state index is 0.917. The molecule has 206 valence electrons. The summed E-state index contributed by atoms with van der Waals surface area (Å²) >= 11 is 0. The van der Waals surface area contributed by atoms with Gasteiger partial charge < -0.3 is 9.40 Å². The first-order valence-corrected chi connectivity index (χ1v) is 15.0. The summed E-state index contributed by atoms with van der Waals surface area (Å²) in [6.07, 6.45) is 0. The second-order valence-corrected chi connectivity index (χ2v) is 11.4. The zero-order valence-electron chi connectivity index (χ0n) is 23.9. The molecule has 0 saturated heterocycles. The number of furan rings is 1. The summed E-state index contributed by atoms with van der Waals surface area (Å²) < 4.78 is 6.37. The predicted octanol–water partition coefficient (Wildman–Crippen LogP) is 11.9. The Hall–Kier alpha value is -5.86. The Bertz CT molecular complexity index is 2500. The van der Waals surface area contributed by atoms with Gasteiger partial charge in [0.1, 0.15) is 11.2 Å². The van der Waals surface area contributed by atoms with Crippen LogP contribution in [0.2, 0.25) is 0 Å². The van der Waals surface area contributed by atoms with Crippen LogP contribution in [-0.2, 0) is 0 Å². The van der Waals surface area contributed by atoms with Gasteiger partial charge in [-0.2, -0.15) is 0 Å². The van der Waals surface area contributed by atoms with Crippen molar-refractivity contribution in [2.45, 2.75) is 0 Å². The molecular formula is C42H27NO. The van der Waals surface area contributed by atoms with Crippen LogP contribution >= 0.6 is 0 Å². The molecule has 0 aliphatic heterocycles. The molecule has 2 aromatic heterocycles. The largest absolute Gasteiger partial charge is 0.455 e. The van der Waals surface area contributed by atoms with Crippen LogP contribution in [0.1, 0.15) is 0 Å². The highest BCUT2D eigenvalue weighted by Gasteiger charge is 2.15. The molecule has 2 heteroatoms. The standard InChI is InChI=1S/C42H27NO/c1-2-11-27(12-3-1)32-25-37(41-38(26-32)34-17-4-6-21-39(34)43-41)31-16-9-14-29(24-31)28-13-8-15-30(23-28)33-19-10-20-36-35-18-5-7-22-40(35)44-42(33)36/h1-26,43H. The molecule has 7 aromatic carbocycles. The average Bonchev–Trinajstić information content (AvgIpc) is 3.67. The second kappa shape index (κ2) is 9.86. The molecule has 0 radical (unpaired) electrons. The molecule has 0 bridgehead atoms. The molecule has 1 N–H and O–H groups in total. The Morgan fingerprint density at radius 1 is 0.364 bits per heavy atom. The van der Waals surface area contributed by atoms with Crippen molar-refractivity contribution in [3.63, 3.8) is 0 Å². The maximum Gasteiger partial charge on any atom is 0.143 e. The Morgan fingerprint density at radius 3 is 1.80 bits per heavy atom. The molecule has 0 aliphatic carbocycles. The van der Waals surface area contributed by atoms with Crippen LogP contribution in [0.15, 0.2) is 162 Å². The van der Waals surface area contributed by atoms with Gasteiger partial charge in [0.05, 0.1) is 5.52 Å². The van der Waals surface area contributed by atoms with Crippen molar-refractivity contribution < 1.29 is 4.42 Å². The van der Waals surface area contributed by atoms with Crippen LogP contribution in [0.5, 0.6) is 0 Å². The van der Waals surface area contributed by atoms with Gasteiger partial charge in [0.2, 0.25) is 0 Å². The Kier molecular flexibility index (Phi) is 5.54. The molecule has 0 spiro atoms. The van der Waals surface area contributed by atoms with E-state index < -0.39 is 0 Å². The first-order valence-electron chi connectivity index (χ1n) is 15.0. The minimum Gasteiger partial charge on any atom is -0.455 e. The van der Waals surface area contributed by atoms with Crippen molar-refractivity contribution in [3.05, 3.63) is 158 Å². The SMILES string of the molecule is c1ccc(-c2cc(-c3cccc(-c4cccc(-c5cccc6c5oc5ccccc56)c4)c3)c3[nH]c4ccccc4c3c2)cc1. The highest BCUT2D eigenvalue weighted by atomic mass is 16.3. The minimum absolute atomic E-state index is 0.917. The topological polar surface area (TPSA) is 28.9 Å². The molecule has 0 saturated carbocycles. The van der Waals surface area contributed by atoms with Crippen LogP contribution in [-0.4, -0.2) is 4.98 Å². The maximum atomic E-state index is 6.37. The summed E-state index contributed by atoms with van der Waals surface area (Å²) in [4.78, 5) is 3.73. The normalized spacial score (nSPS) is 11.6. The number of para-hydroxylation sites is 3. The van der Waals surface area contributed by atoms with Gasteiger partial charge in [-0.1, -0.05) is 121 Å². The third-order valence-corrected chi connectivity index (χ3v) is 8.81. The number of hydrogen-bond donors (Lipinski definition) is 1. The zero-order valence-corrected chi connectivity index (χ0v) is 23.9. The number of H-pyrrole nitrogens is 1. The van der Waals surface area contributed by atoms with Gasteiger partial charge in [-0.3, -0.25) is 0 Å². The summed E-state index contributed by atoms with van der Waals surface area (Å²) in [5.41, 5.74) is 13.6. The van der Waals surface area contributed by atoms with Gasteiger partial charge in [-0.15, -0.1) is 0 Å². The fourth-order valence-electron chi connectivity index (χ4n) is 6.68. The van der Waals surface area contributed by atoms with Crippen LogP contribution in [0.4, 0.5) is 0 Å². The number of aromatic nitrogens is 1. The number of nitrogens with one attached hydrogen (secondary N) is 1. The Morgan fingerprint density at radius 2 is 0.977 bits per heavy atom. The van der Waals surface area contributed by atoms with Crippen LogP contribution in [0.3, 0.4) is 0 Å². The third-order valence-electron chi connectivity index (χ3n) is 8.81. The fraction of sp³-hybridized carbons (Fsp3) is 0. The number of hydrogen-bond acceptors (Lipinski definition) is 1. The van der Waals surface area contributed by atoms with Crippen molar-refractivity contribution in [1.82, 2.24) is 4.98 Å². The molecule has 0 aliphatic rings. The molecule has 0 atom stereocenters. The van der Waals surface area contributed by atoms with Crippen LogP contribution < -0.4 is 0 Å². The van der Waals surface area contributed by atoms with E-state index >= 15 is 0 Å². The summed E-state index contributed by atoms with van der Waals surface area (Å²) in [5, 5.41) is 4.77. The molecule has 0 fully saturated rings. The molecular weight excluding hydrogens is 534 g/mol. The summed E-state index contributed by atoms with van der Waals surface area (Å²) in [7, 11) is 0. The van der Waals surface area contributed by atoms with Gasteiger partial charge in [-0.25, -0.2) is 0 Å². The van der Waals surface area contributed by atoms with E-state index in [2.05, 4.69) is 151 Å². The number of fused-ring (bicyclic) bond motifs is 6. The van der Waals surface area contributed by atoms with Gasteiger partial charge in [0.25, 0.3) is 0 Å². The highest BCUT2D eigenvalue weighted by molar-refractivity contribution is 6.14. The lowest BCUT2D eigenvalue weighted by molar-refractivity contribution is 0.670. The lowest BCUT2D eigenvalue weighted by atomic mass is 9.93. The van der Waals surface area contributed by atoms with E-state index in [1.807, 2.05) is 12.1 Å². The van der Waals surface area contributed by atoms with E-state index in [4.69, 9.17) is 4.42 Å². The molecule has 9 rings (SSSR count). The first-order chi connectivity index (χ1) is 21.8. The van der Waals surface area contributed by atoms with Crippen molar-refractivity contribution in [2.24, 2.45) is 0 Å². The molecule has 2 heterocycles. The number of aromatic amines is 1. The van der Waals surface area contributed by atoms with Crippen molar-refractivity contribution in [2.75, 3.05) is 0 Å². The van der Waals surface area contributed by atoms with Crippen molar-refractivity contribution in [1.29, 1.82) is 0 Å². The highest BCUT2D eigenvalue weighted by Crippen LogP contribution is 2.40. The van der Waals surface area contributed by atoms with Crippen LogP contribution in [0, 0.1) is 0 Å². The van der Waals surface area contributed by atoms with E-state index in [9.17, 15) is 0 Å². The second-order valence-electron chi connectivity index (χ2n) is 11.4. The van der Waals surface area contributed by atoms with Gasteiger partial charge >= 0.3 is 0 Å². The van der Waals surface area contributed by atoms with E-state index in [0.29, 0.717) is 0 Å². The smallest absolute Gasteiger partial charge is 0.143 e. The first kappa shape index (κ1) is 24.7. The number of rotatable bonds is 4. The summed E-state index contributed by atoms with van der Waals surface area (Å²) in [6.45, 7) is 0. The third kappa shape index (κ3) is 3.96.